The number of rotatable bonds is 2. The van der Waals surface area contributed by atoms with Gasteiger partial charge in [-0.05, 0) is 62.2 Å². The molecule has 0 saturated carbocycles. The van der Waals surface area contributed by atoms with Crippen molar-refractivity contribution in [2.75, 3.05) is 41.7 Å². The minimum absolute atomic E-state index is 0.833. The first-order chi connectivity index (χ1) is 10.5. The number of nitrogens with two attached hydrogens (primary N) is 1. The van der Waals surface area contributed by atoms with Crippen molar-refractivity contribution in [1.29, 1.82) is 0 Å². The molecule has 4 nitrogen and oxygen atoms in total. The summed E-state index contributed by atoms with van der Waals surface area (Å²) in [7, 11) is 0. The van der Waals surface area contributed by atoms with Crippen LogP contribution in [0, 0.1) is 20.8 Å². The van der Waals surface area contributed by atoms with Crippen LogP contribution in [0.5, 0.6) is 0 Å². The third kappa shape index (κ3) is 3.01. The second-order valence-electron chi connectivity index (χ2n) is 6.16. The van der Waals surface area contributed by atoms with Crippen LogP contribution in [0.2, 0.25) is 0 Å². The maximum absolute atomic E-state index is 5.85. The second kappa shape index (κ2) is 5.87. The summed E-state index contributed by atoms with van der Waals surface area (Å²) < 4.78 is 0. The lowest BCUT2D eigenvalue weighted by Crippen LogP contribution is -2.47. The van der Waals surface area contributed by atoms with Gasteiger partial charge >= 0.3 is 0 Å². The number of anilines is 3. The number of nitrogens with zero attached hydrogens (tertiary/aromatic N) is 3. The van der Waals surface area contributed by atoms with Gasteiger partial charge in [0.25, 0.3) is 0 Å². The van der Waals surface area contributed by atoms with Crippen LogP contribution in [0.1, 0.15) is 16.8 Å². The summed E-state index contributed by atoms with van der Waals surface area (Å²) in [6.45, 7) is 10.3. The molecular weight excluding hydrogens is 272 g/mol. The number of piperazine rings is 1. The van der Waals surface area contributed by atoms with Crippen molar-refractivity contribution in [2.45, 2.75) is 20.8 Å². The van der Waals surface area contributed by atoms with Gasteiger partial charge < -0.3 is 15.5 Å². The quantitative estimate of drug-likeness (QED) is 0.866. The fraction of sp³-hybridized carbons (Fsp3) is 0.389. The molecule has 0 aliphatic carbocycles. The molecule has 1 aliphatic rings. The first kappa shape index (κ1) is 14.7. The molecule has 1 aromatic heterocycles. The summed E-state index contributed by atoms with van der Waals surface area (Å²) in [5.41, 5.74) is 11.6. The SMILES string of the molecule is Cc1cc(C)nc(N2CCN(c3ccc(N)cc3C)CC2)c1. The lowest BCUT2D eigenvalue weighted by molar-refractivity contribution is 0.645. The van der Waals surface area contributed by atoms with E-state index >= 15 is 0 Å². The van der Waals surface area contributed by atoms with E-state index in [1.165, 1.54) is 16.8 Å². The number of benzene rings is 1. The highest BCUT2D eigenvalue weighted by Crippen LogP contribution is 2.25. The fourth-order valence-corrected chi connectivity index (χ4v) is 3.19. The molecule has 1 aliphatic heterocycles. The Morgan fingerprint density at radius 3 is 2.23 bits per heavy atom. The van der Waals surface area contributed by atoms with E-state index in [9.17, 15) is 0 Å². The van der Waals surface area contributed by atoms with Crippen LogP contribution in [-0.4, -0.2) is 31.2 Å². The molecule has 1 aromatic carbocycles. The third-order valence-electron chi connectivity index (χ3n) is 4.25. The minimum atomic E-state index is 0.833. The molecule has 0 bridgehead atoms. The monoisotopic (exact) mass is 296 g/mol. The van der Waals surface area contributed by atoms with E-state index in [0.717, 1.165) is 43.4 Å². The number of nitrogen functional groups attached to an aromatic ring is 1. The summed E-state index contributed by atoms with van der Waals surface area (Å²) in [6.07, 6.45) is 0. The lowest BCUT2D eigenvalue weighted by Gasteiger charge is -2.37. The molecule has 2 aromatic rings. The van der Waals surface area contributed by atoms with Crippen molar-refractivity contribution >= 4 is 17.2 Å². The highest BCUT2D eigenvalue weighted by molar-refractivity contribution is 5.60. The molecule has 0 radical (unpaired) electrons. The van der Waals surface area contributed by atoms with Crippen molar-refractivity contribution in [3.63, 3.8) is 0 Å². The summed E-state index contributed by atoms with van der Waals surface area (Å²) in [5.74, 6) is 1.10. The average molecular weight is 296 g/mol. The van der Waals surface area contributed by atoms with E-state index in [2.05, 4.69) is 53.8 Å². The van der Waals surface area contributed by atoms with Crippen LogP contribution < -0.4 is 15.5 Å². The van der Waals surface area contributed by atoms with Crippen LogP contribution in [0.15, 0.2) is 30.3 Å². The molecule has 0 atom stereocenters. The highest BCUT2D eigenvalue weighted by Gasteiger charge is 2.19. The Morgan fingerprint density at radius 1 is 0.909 bits per heavy atom. The van der Waals surface area contributed by atoms with Crippen LogP contribution >= 0.6 is 0 Å². The van der Waals surface area contributed by atoms with Gasteiger partial charge in [-0.25, -0.2) is 4.98 Å². The van der Waals surface area contributed by atoms with Crippen LogP contribution in [-0.2, 0) is 0 Å². The first-order valence-corrected chi connectivity index (χ1v) is 7.84. The number of hydrogen-bond acceptors (Lipinski definition) is 4. The van der Waals surface area contributed by atoms with Gasteiger partial charge in [0.1, 0.15) is 5.82 Å². The van der Waals surface area contributed by atoms with Gasteiger partial charge in [-0.2, -0.15) is 0 Å². The molecular formula is C18H24N4. The van der Waals surface area contributed by atoms with Crippen molar-refractivity contribution in [3.8, 4) is 0 Å². The molecule has 4 heteroatoms. The van der Waals surface area contributed by atoms with E-state index < -0.39 is 0 Å². The van der Waals surface area contributed by atoms with Crippen LogP contribution in [0.25, 0.3) is 0 Å². The topological polar surface area (TPSA) is 45.4 Å². The van der Waals surface area contributed by atoms with Crippen LogP contribution in [0.3, 0.4) is 0 Å². The van der Waals surface area contributed by atoms with Crippen LogP contribution in [0.4, 0.5) is 17.2 Å². The summed E-state index contributed by atoms with van der Waals surface area (Å²) in [5, 5.41) is 0. The lowest BCUT2D eigenvalue weighted by atomic mass is 10.1. The molecule has 2 N–H and O–H groups in total. The standard InChI is InChI=1S/C18H24N4/c1-13-10-15(3)20-18(11-13)22-8-6-21(7-9-22)17-5-4-16(19)12-14(17)2/h4-5,10-12H,6-9,19H2,1-3H3. The Morgan fingerprint density at radius 2 is 1.59 bits per heavy atom. The molecule has 0 amide bonds. The minimum Gasteiger partial charge on any atom is -0.399 e. The first-order valence-electron chi connectivity index (χ1n) is 7.84. The van der Waals surface area contributed by atoms with Gasteiger partial charge in [0, 0.05) is 43.2 Å². The summed E-state index contributed by atoms with van der Waals surface area (Å²) in [4.78, 5) is 9.49. The molecule has 22 heavy (non-hydrogen) atoms. The van der Waals surface area contributed by atoms with Crippen molar-refractivity contribution in [1.82, 2.24) is 4.98 Å². The number of pyridine rings is 1. The largest absolute Gasteiger partial charge is 0.399 e. The van der Waals surface area contributed by atoms with Crippen molar-refractivity contribution in [3.05, 3.63) is 47.2 Å². The summed E-state index contributed by atoms with van der Waals surface area (Å²) in [6, 6.07) is 10.5. The molecule has 0 spiro atoms. The van der Waals surface area contributed by atoms with E-state index in [1.807, 2.05) is 12.1 Å². The second-order valence-corrected chi connectivity index (χ2v) is 6.16. The molecule has 116 valence electrons. The molecule has 1 fully saturated rings. The Labute approximate surface area is 132 Å². The van der Waals surface area contributed by atoms with E-state index in [4.69, 9.17) is 5.73 Å². The molecule has 3 rings (SSSR count). The molecule has 0 unspecified atom stereocenters. The smallest absolute Gasteiger partial charge is 0.129 e. The zero-order valence-corrected chi connectivity index (χ0v) is 13.6. The number of aryl methyl sites for hydroxylation is 3. The average Bonchev–Trinajstić information content (AvgIpc) is 2.46. The molecule has 1 saturated heterocycles. The predicted octanol–water partition coefficient (Wildman–Crippen LogP) is 2.92. The zero-order chi connectivity index (χ0) is 15.7. The molecule has 2 heterocycles. The maximum atomic E-state index is 5.85. The van der Waals surface area contributed by atoms with Gasteiger partial charge in [0.05, 0.1) is 0 Å². The normalized spacial score (nSPS) is 15.2. The number of hydrogen-bond donors (Lipinski definition) is 1. The van der Waals surface area contributed by atoms with E-state index in [1.54, 1.807) is 0 Å². The van der Waals surface area contributed by atoms with E-state index in [0.29, 0.717) is 0 Å². The predicted molar refractivity (Wildman–Crippen MR) is 93.7 cm³/mol. The summed E-state index contributed by atoms with van der Waals surface area (Å²) >= 11 is 0. The maximum Gasteiger partial charge on any atom is 0.129 e. The Bertz CT molecular complexity index is 653. The van der Waals surface area contributed by atoms with Crippen molar-refractivity contribution in [2.24, 2.45) is 0 Å². The van der Waals surface area contributed by atoms with Gasteiger partial charge in [-0.1, -0.05) is 0 Å². The zero-order valence-electron chi connectivity index (χ0n) is 13.6. The third-order valence-corrected chi connectivity index (χ3v) is 4.25. The fourth-order valence-electron chi connectivity index (χ4n) is 3.19. The highest BCUT2D eigenvalue weighted by atomic mass is 15.3. The van der Waals surface area contributed by atoms with Gasteiger partial charge in [0.15, 0.2) is 0 Å². The van der Waals surface area contributed by atoms with Gasteiger partial charge in [-0.15, -0.1) is 0 Å². The Kier molecular flexibility index (Phi) is 3.92. The Balaban J connectivity index is 1.72. The van der Waals surface area contributed by atoms with Gasteiger partial charge in [-0.3, -0.25) is 0 Å². The van der Waals surface area contributed by atoms with Gasteiger partial charge in [0.2, 0.25) is 0 Å². The Hall–Kier alpha value is -2.23. The van der Waals surface area contributed by atoms with Crippen molar-refractivity contribution < 1.29 is 0 Å². The number of aromatic nitrogens is 1. The van der Waals surface area contributed by atoms with E-state index in [-0.39, 0.29) is 0 Å².